The number of phenolic OH excluding ortho intramolecular Hbond substituents is 1. The van der Waals surface area contributed by atoms with Gasteiger partial charge in [0.05, 0.1) is 24.6 Å². The summed E-state index contributed by atoms with van der Waals surface area (Å²) in [5.41, 5.74) is -2.30. The van der Waals surface area contributed by atoms with Crippen molar-refractivity contribution >= 4 is 35.1 Å². The van der Waals surface area contributed by atoms with Crippen LogP contribution >= 0.6 is 0 Å². The first-order valence-electron chi connectivity index (χ1n) is 16.7. The van der Waals surface area contributed by atoms with Crippen molar-refractivity contribution < 1.29 is 53.7 Å². The summed E-state index contributed by atoms with van der Waals surface area (Å²) in [5, 5.41) is 46.7. The maximum Gasteiger partial charge on any atom is 0.328 e. The third-order valence-corrected chi connectivity index (χ3v) is 11.9. The number of nitrogens with one attached hydrogen (secondary N) is 1. The molecule has 4 aliphatic carbocycles. The number of ketones is 2. The van der Waals surface area contributed by atoms with Gasteiger partial charge in [-0.25, -0.2) is 4.79 Å². The monoisotopic (exact) mass is 684 g/mol. The van der Waals surface area contributed by atoms with Gasteiger partial charge in [-0.3, -0.25) is 29.3 Å². The first kappa shape index (κ1) is 36.1. The number of fused-ring (bicyclic) bond motifs is 5. The Balaban J connectivity index is 1.16. The second kappa shape index (κ2) is 13.6. The minimum absolute atomic E-state index is 0.0410. The number of aliphatic hydroxyl groups is 2. The van der Waals surface area contributed by atoms with Gasteiger partial charge in [0, 0.05) is 30.7 Å². The normalized spacial score (nSPS) is 32.4. The Morgan fingerprint density at radius 3 is 2.55 bits per heavy atom. The molecule has 266 valence electrons. The number of hydrogen-bond donors (Lipinski definition) is 4. The molecule has 8 atom stereocenters. The molecule has 4 N–H and O–H groups in total. The summed E-state index contributed by atoms with van der Waals surface area (Å²) in [6.07, 6.45) is 3.47. The number of amides is 1. The van der Waals surface area contributed by atoms with Crippen molar-refractivity contribution in [1.29, 1.82) is 0 Å². The highest BCUT2D eigenvalue weighted by atomic mass is 16.6. The van der Waals surface area contributed by atoms with Gasteiger partial charge in [-0.05, 0) is 79.4 Å². The fraction of sp³-hybridized carbons (Fsp3) is 0.629. The summed E-state index contributed by atoms with van der Waals surface area (Å²) < 4.78 is 9.92. The Morgan fingerprint density at radius 2 is 1.86 bits per heavy atom. The summed E-state index contributed by atoms with van der Waals surface area (Å²) in [6.45, 7) is 3.25. The number of Topliss-reactive ketones (excluding diaryl/α,β-unsaturated/α-hetero) is 1. The average Bonchev–Trinajstić information content (AvgIpc) is 3.33. The number of rotatable bonds is 11. The number of allylic oxidation sites excluding steroid dienone is 1. The van der Waals surface area contributed by atoms with E-state index < -0.39 is 82.6 Å². The Hall–Kier alpha value is -4.17. The van der Waals surface area contributed by atoms with Gasteiger partial charge in [0.15, 0.2) is 18.1 Å². The lowest BCUT2D eigenvalue weighted by atomic mass is 9.45. The summed E-state index contributed by atoms with van der Waals surface area (Å²) in [7, 11) is 1.10. The number of carbonyl (C=O) groups excluding carboxylic acids is 5. The van der Waals surface area contributed by atoms with Crippen LogP contribution in [0.1, 0.15) is 77.2 Å². The molecule has 0 bridgehead atoms. The molecule has 14 heteroatoms. The van der Waals surface area contributed by atoms with Crippen LogP contribution < -0.4 is 5.32 Å². The number of methoxy groups -OCH3 is 1. The van der Waals surface area contributed by atoms with Crippen molar-refractivity contribution in [2.75, 3.05) is 13.7 Å². The minimum Gasteiger partial charge on any atom is -0.502 e. The first-order valence-corrected chi connectivity index (χ1v) is 16.7. The van der Waals surface area contributed by atoms with E-state index in [0.717, 1.165) is 37.7 Å². The van der Waals surface area contributed by atoms with E-state index in [1.54, 1.807) is 6.08 Å². The van der Waals surface area contributed by atoms with Gasteiger partial charge in [0.2, 0.25) is 11.7 Å². The number of phenols is 1. The standard InChI is InChI=1S/C35H44N2O12/c1-33-12-10-21(38)16-20(33)5-6-22-23-11-13-35(45,34(23,2)17-27(40)31(22)33)28(41)18-49-30(43)9-8-29(42)36-24(32(44)48-3)14-19-4-7-26(39)25(15-19)37(46)47/h4,7,15-16,22-24,27,31,39-40,45H,5-6,8-14,17-18H2,1-3H3,(H,36,42)/t22-,23-,24-,27+,31+,33-,34-,35-/m0/s1. The van der Waals surface area contributed by atoms with Gasteiger partial charge in [-0.2, -0.15) is 0 Å². The summed E-state index contributed by atoms with van der Waals surface area (Å²) in [4.78, 5) is 73.6. The van der Waals surface area contributed by atoms with Crippen LogP contribution in [0.4, 0.5) is 5.69 Å². The molecule has 0 saturated heterocycles. The number of carbonyl (C=O) groups is 5. The highest BCUT2D eigenvalue weighted by Gasteiger charge is 2.68. The highest BCUT2D eigenvalue weighted by Crippen LogP contribution is 2.67. The van der Waals surface area contributed by atoms with Crippen molar-refractivity contribution in [3.63, 3.8) is 0 Å². The average molecular weight is 685 g/mol. The maximum atomic E-state index is 13.5. The molecule has 0 spiro atoms. The summed E-state index contributed by atoms with van der Waals surface area (Å²) >= 11 is 0. The van der Waals surface area contributed by atoms with Crippen LogP contribution in [0.2, 0.25) is 0 Å². The molecule has 1 aromatic rings. The lowest BCUT2D eigenvalue weighted by Crippen LogP contribution is -2.62. The molecule has 3 saturated carbocycles. The number of nitro benzene ring substituents is 1. The van der Waals surface area contributed by atoms with E-state index in [9.17, 15) is 49.4 Å². The zero-order valence-electron chi connectivity index (χ0n) is 27.9. The molecular formula is C35H44N2O12. The summed E-state index contributed by atoms with van der Waals surface area (Å²) in [6, 6.07) is 2.28. The largest absolute Gasteiger partial charge is 0.502 e. The zero-order valence-corrected chi connectivity index (χ0v) is 27.9. The number of aromatic hydroxyl groups is 1. The highest BCUT2D eigenvalue weighted by molar-refractivity contribution is 5.92. The Bertz CT molecular complexity index is 1590. The predicted molar refractivity (Wildman–Crippen MR) is 171 cm³/mol. The van der Waals surface area contributed by atoms with Crippen molar-refractivity contribution in [2.45, 2.75) is 95.8 Å². The molecule has 0 heterocycles. The fourth-order valence-electron chi connectivity index (χ4n) is 9.38. The SMILES string of the molecule is COC(=O)[C@H](Cc1ccc(O)c([N+](=O)[O-])c1)NC(=O)CCC(=O)OCC(=O)[C@@]1(O)CC[C@H]2[C@@H]3CCC4=CC(=O)CC[C@]4(C)[C@H]3[C@H](O)C[C@@]21C. The Kier molecular flexibility index (Phi) is 10.0. The van der Waals surface area contributed by atoms with E-state index >= 15 is 0 Å². The molecule has 14 nitrogen and oxygen atoms in total. The van der Waals surface area contributed by atoms with Crippen molar-refractivity contribution in [1.82, 2.24) is 5.32 Å². The topological polar surface area (TPSA) is 220 Å². The van der Waals surface area contributed by atoms with Crippen LogP contribution in [0, 0.1) is 38.7 Å². The maximum absolute atomic E-state index is 13.5. The predicted octanol–water partition coefficient (Wildman–Crippen LogP) is 2.63. The smallest absolute Gasteiger partial charge is 0.328 e. The van der Waals surface area contributed by atoms with E-state index in [2.05, 4.69) is 12.2 Å². The van der Waals surface area contributed by atoms with E-state index in [4.69, 9.17) is 9.47 Å². The molecule has 0 unspecified atom stereocenters. The van der Waals surface area contributed by atoms with Gasteiger partial charge in [-0.15, -0.1) is 0 Å². The van der Waals surface area contributed by atoms with E-state index in [-0.39, 0.29) is 53.8 Å². The molecule has 3 fully saturated rings. The van der Waals surface area contributed by atoms with Gasteiger partial charge in [0.25, 0.3) is 0 Å². The second-order valence-corrected chi connectivity index (χ2v) is 14.5. The van der Waals surface area contributed by atoms with Gasteiger partial charge < -0.3 is 30.1 Å². The number of aliphatic hydroxyl groups excluding tert-OH is 1. The van der Waals surface area contributed by atoms with Crippen LogP contribution in [0.3, 0.4) is 0 Å². The summed E-state index contributed by atoms with van der Waals surface area (Å²) in [5.74, 6) is -3.60. The van der Waals surface area contributed by atoms with E-state index in [1.165, 1.54) is 6.07 Å². The van der Waals surface area contributed by atoms with E-state index in [1.807, 2.05) is 6.92 Å². The lowest BCUT2D eigenvalue weighted by Gasteiger charge is -2.60. The quantitative estimate of drug-likeness (QED) is 0.150. The molecule has 0 radical (unpaired) electrons. The van der Waals surface area contributed by atoms with Crippen LogP contribution in [-0.2, 0) is 39.9 Å². The minimum atomic E-state index is -1.82. The molecule has 5 rings (SSSR count). The van der Waals surface area contributed by atoms with Crippen LogP contribution in [0.25, 0.3) is 0 Å². The fourth-order valence-corrected chi connectivity index (χ4v) is 9.38. The van der Waals surface area contributed by atoms with Crippen molar-refractivity contribution in [3.8, 4) is 5.75 Å². The number of hydrogen-bond acceptors (Lipinski definition) is 12. The molecule has 49 heavy (non-hydrogen) atoms. The third kappa shape index (κ3) is 6.60. The molecule has 0 aliphatic heterocycles. The van der Waals surface area contributed by atoms with E-state index in [0.29, 0.717) is 19.3 Å². The zero-order chi connectivity index (χ0) is 35.9. The van der Waals surface area contributed by atoms with Crippen LogP contribution in [0.5, 0.6) is 5.75 Å². The number of esters is 2. The van der Waals surface area contributed by atoms with Gasteiger partial charge in [0.1, 0.15) is 11.6 Å². The van der Waals surface area contributed by atoms with Crippen LogP contribution in [0.15, 0.2) is 29.8 Å². The number of nitrogens with zero attached hydrogens (tertiary/aromatic N) is 1. The molecule has 0 aromatic heterocycles. The molecule has 4 aliphatic rings. The second-order valence-electron chi connectivity index (χ2n) is 14.5. The Labute approximate surface area is 283 Å². The molecule has 1 aromatic carbocycles. The van der Waals surface area contributed by atoms with Gasteiger partial charge >= 0.3 is 17.6 Å². The third-order valence-electron chi connectivity index (χ3n) is 11.9. The van der Waals surface area contributed by atoms with Crippen LogP contribution in [-0.4, -0.2) is 81.1 Å². The lowest BCUT2D eigenvalue weighted by molar-refractivity contribution is -0.385. The first-order chi connectivity index (χ1) is 23.0. The number of benzene rings is 1. The Morgan fingerprint density at radius 1 is 1.12 bits per heavy atom. The molecule has 1 amide bonds. The van der Waals surface area contributed by atoms with Crippen molar-refractivity contribution in [3.05, 3.63) is 45.5 Å². The number of nitro groups is 1. The molecular weight excluding hydrogens is 640 g/mol. The number of ether oxygens (including phenoxy) is 2. The van der Waals surface area contributed by atoms with Crippen molar-refractivity contribution in [2.24, 2.45) is 28.6 Å². The van der Waals surface area contributed by atoms with Gasteiger partial charge in [-0.1, -0.05) is 25.5 Å².